The highest BCUT2D eigenvalue weighted by molar-refractivity contribution is 7.23. The number of benzene rings is 1. The molecule has 0 spiro atoms. The Hall–Kier alpha value is -4.66. The smallest absolute Gasteiger partial charge is 0.412 e. The Bertz CT molecular complexity index is 2490. The molecule has 3 saturated heterocycles. The quantitative estimate of drug-likeness (QED) is 0.198. The largest absolute Gasteiger partial charge is 0.461 e. The highest BCUT2D eigenvalue weighted by atomic mass is 35.5. The first-order chi connectivity index (χ1) is 28.7. The zero-order valence-corrected chi connectivity index (χ0v) is 37.1. The normalized spacial score (nSPS) is 24.0. The molecule has 0 bridgehead atoms. The minimum absolute atomic E-state index is 0.0102. The van der Waals surface area contributed by atoms with Gasteiger partial charge in [-0.05, 0) is 85.3 Å². The van der Waals surface area contributed by atoms with Crippen molar-refractivity contribution in [1.29, 1.82) is 5.26 Å². The van der Waals surface area contributed by atoms with Gasteiger partial charge in [0.1, 0.15) is 46.4 Å². The average Bonchev–Trinajstić information content (AvgIpc) is 3.81. The number of fused-ring (bicyclic) bond motifs is 4. The van der Waals surface area contributed by atoms with Crippen molar-refractivity contribution in [3.05, 3.63) is 34.0 Å². The van der Waals surface area contributed by atoms with Gasteiger partial charge in [-0.15, -0.1) is 11.3 Å². The summed E-state index contributed by atoms with van der Waals surface area (Å²) in [6, 6.07) is 1.32. The van der Waals surface area contributed by atoms with Crippen molar-refractivity contribution in [3.8, 4) is 23.3 Å². The number of nitriles is 1. The topological polar surface area (TPSA) is 146 Å². The standard InChI is InChI=1S/C43H50ClF3N8O5S/c1-9-23-18-55-27(19-54(23)40(57)60-42(6,7)8)21(2)13-24-29-34(50-38(51-36(29)55)58-20-43-11-10-12-53(43)17-22(45)14-43)32(47)30(31(24)44)33-28-25(15-48)37(52-39(56)59-41(3,4)5)61-35(28)26(46)16-49-33/h16,21-23,27H,9-14,17-20H2,1-8H3,(H,52,56)/t21-,22+,23+,27+,43-/m0/s1. The number of halogens is 4. The van der Waals surface area contributed by atoms with Crippen molar-refractivity contribution in [3.63, 3.8) is 0 Å². The number of carbonyl (C=O) groups is 2. The predicted octanol–water partition coefficient (Wildman–Crippen LogP) is 9.41. The van der Waals surface area contributed by atoms with E-state index in [0.29, 0.717) is 49.1 Å². The molecule has 2 amide bonds. The van der Waals surface area contributed by atoms with E-state index >= 15 is 8.78 Å². The maximum Gasteiger partial charge on any atom is 0.412 e. The number of rotatable bonds is 6. The molecule has 3 aromatic heterocycles. The molecule has 1 N–H and O–H groups in total. The van der Waals surface area contributed by atoms with Gasteiger partial charge in [-0.25, -0.2) is 22.8 Å². The second-order valence-corrected chi connectivity index (χ2v) is 20.1. The van der Waals surface area contributed by atoms with Crippen LogP contribution in [0.15, 0.2) is 6.20 Å². The Morgan fingerprint density at radius 1 is 1.10 bits per heavy atom. The fraction of sp³-hybridized carbons (Fsp3) is 0.581. The number of anilines is 2. The monoisotopic (exact) mass is 882 g/mol. The third kappa shape index (κ3) is 7.77. The molecule has 4 aliphatic heterocycles. The highest BCUT2D eigenvalue weighted by Gasteiger charge is 2.50. The maximum atomic E-state index is 17.8. The Morgan fingerprint density at radius 3 is 2.52 bits per heavy atom. The third-order valence-electron chi connectivity index (χ3n) is 12.1. The Balaban J connectivity index is 1.31. The Morgan fingerprint density at radius 2 is 1.84 bits per heavy atom. The van der Waals surface area contributed by atoms with Crippen molar-refractivity contribution < 1.29 is 37.0 Å². The van der Waals surface area contributed by atoms with Gasteiger partial charge in [0.15, 0.2) is 11.6 Å². The van der Waals surface area contributed by atoms with Crippen molar-refractivity contribution in [2.75, 3.05) is 43.0 Å². The molecule has 4 aliphatic rings. The van der Waals surface area contributed by atoms with Crippen LogP contribution in [-0.4, -0.2) is 105 Å². The Kier molecular flexibility index (Phi) is 11.0. The molecule has 3 fully saturated rings. The van der Waals surface area contributed by atoms with Crippen molar-refractivity contribution in [1.82, 2.24) is 24.8 Å². The molecule has 5 atom stereocenters. The number of carbonyl (C=O) groups excluding carboxylic acids is 2. The molecule has 13 nitrogen and oxygen atoms in total. The lowest BCUT2D eigenvalue weighted by molar-refractivity contribution is 0.00795. The number of nitrogens with zero attached hydrogens (tertiary/aromatic N) is 7. The van der Waals surface area contributed by atoms with Crippen LogP contribution in [0.4, 0.5) is 33.6 Å². The summed E-state index contributed by atoms with van der Waals surface area (Å²) < 4.78 is 65.9. The van der Waals surface area contributed by atoms with Gasteiger partial charge in [-0.3, -0.25) is 15.2 Å². The number of hydrogen-bond acceptors (Lipinski definition) is 12. The lowest BCUT2D eigenvalue weighted by Gasteiger charge is -2.48. The van der Waals surface area contributed by atoms with E-state index in [1.807, 2.05) is 34.6 Å². The van der Waals surface area contributed by atoms with Crippen LogP contribution in [-0.2, 0) is 15.9 Å². The SMILES string of the molecule is CC[C@@H]1CN2c3nc(OC[C@@]45CCCN4C[C@H](F)C5)nc4c(F)c(-c5ncc(F)c6sc(NC(=O)OC(C)(C)C)c(C#N)c56)c(Cl)c(c34)C[C@H](C)[C@H]2CN1C(=O)OC(C)(C)C. The van der Waals surface area contributed by atoms with Gasteiger partial charge in [-0.2, -0.15) is 15.2 Å². The van der Waals surface area contributed by atoms with Gasteiger partial charge in [0.25, 0.3) is 0 Å². The van der Waals surface area contributed by atoms with Crippen LogP contribution in [0.5, 0.6) is 6.01 Å². The van der Waals surface area contributed by atoms with Gasteiger partial charge in [0.05, 0.1) is 55.7 Å². The zero-order chi connectivity index (χ0) is 43.9. The summed E-state index contributed by atoms with van der Waals surface area (Å²) in [6.45, 7) is 16.3. The van der Waals surface area contributed by atoms with E-state index in [1.54, 1.807) is 25.7 Å². The molecular formula is C43H50ClF3N8O5S. The number of pyridine rings is 1. The predicted molar refractivity (Wildman–Crippen MR) is 227 cm³/mol. The van der Waals surface area contributed by atoms with Gasteiger partial charge in [-0.1, -0.05) is 25.4 Å². The molecule has 0 aliphatic carbocycles. The number of ether oxygens (including phenoxy) is 3. The van der Waals surface area contributed by atoms with Gasteiger partial charge < -0.3 is 24.0 Å². The minimum Gasteiger partial charge on any atom is -0.461 e. The van der Waals surface area contributed by atoms with Crippen LogP contribution in [0.25, 0.3) is 32.2 Å². The molecule has 1 aromatic carbocycles. The fourth-order valence-electron chi connectivity index (χ4n) is 9.50. The highest BCUT2D eigenvalue weighted by Crippen LogP contribution is 2.50. The number of alkyl halides is 1. The first kappa shape index (κ1) is 43.0. The van der Waals surface area contributed by atoms with Crippen LogP contribution < -0.4 is 15.0 Å². The van der Waals surface area contributed by atoms with Gasteiger partial charge in [0, 0.05) is 31.4 Å². The van der Waals surface area contributed by atoms with Crippen molar-refractivity contribution in [2.24, 2.45) is 5.92 Å². The van der Waals surface area contributed by atoms with Crippen LogP contribution >= 0.6 is 22.9 Å². The summed E-state index contributed by atoms with van der Waals surface area (Å²) in [5, 5.41) is 13.3. The second kappa shape index (κ2) is 15.6. The van der Waals surface area contributed by atoms with E-state index in [0.717, 1.165) is 36.9 Å². The Labute approximate surface area is 361 Å². The number of amides is 2. The summed E-state index contributed by atoms with van der Waals surface area (Å²) in [5.41, 5.74) is -2.24. The van der Waals surface area contributed by atoms with E-state index in [9.17, 15) is 19.2 Å². The molecule has 0 radical (unpaired) electrons. The zero-order valence-electron chi connectivity index (χ0n) is 35.5. The van der Waals surface area contributed by atoms with E-state index in [-0.39, 0.29) is 79.6 Å². The lowest BCUT2D eigenvalue weighted by atomic mass is 9.89. The molecule has 7 heterocycles. The molecule has 61 heavy (non-hydrogen) atoms. The molecule has 4 aromatic rings. The number of hydrogen-bond donors (Lipinski definition) is 1. The minimum atomic E-state index is -0.999. The molecule has 326 valence electrons. The van der Waals surface area contributed by atoms with E-state index in [1.165, 1.54) is 0 Å². The fourth-order valence-corrected chi connectivity index (χ4v) is 10.9. The van der Waals surface area contributed by atoms with Crippen molar-refractivity contribution in [2.45, 2.75) is 122 Å². The summed E-state index contributed by atoms with van der Waals surface area (Å²) in [5.74, 6) is -1.51. The molecular weight excluding hydrogens is 833 g/mol. The van der Waals surface area contributed by atoms with Gasteiger partial charge in [0.2, 0.25) is 0 Å². The molecule has 8 rings (SSSR count). The second-order valence-electron chi connectivity index (χ2n) is 18.7. The average molecular weight is 883 g/mol. The number of thiophene rings is 1. The van der Waals surface area contributed by atoms with Crippen LogP contribution in [0.2, 0.25) is 5.02 Å². The summed E-state index contributed by atoms with van der Waals surface area (Å²) in [7, 11) is 0. The van der Waals surface area contributed by atoms with Crippen LogP contribution in [0, 0.1) is 28.9 Å². The number of piperazine rings is 1. The first-order valence-electron chi connectivity index (χ1n) is 20.7. The van der Waals surface area contributed by atoms with Crippen LogP contribution in [0.3, 0.4) is 0 Å². The summed E-state index contributed by atoms with van der Waals surface area (Å²) in [4.78, 5) is 46.6. The summed E-state index contributed by atoms with van der Waals surface area (Å²) >= 11 is 8.15. The number of nitrogens with one attached hydrogen (secondary N) is 1. The van der Waals surface area contributed by atoms with Gasteiger partial charge >= 0.3 is 18.2 Å². The molecule has 0 unspecified atom stereocenters. The lowest BCUT2D eigenvalue weighted by Crippen LogP contribution is -2.62. The van der Waals surface area contributed by atoms with E-state index in [2.05, 4.69) is 26.2 Å². The molecule has 18 heteroatoms. The summed E-state index contributed by atoms with van der Waals surface area (Å²) in [6.07, 6.45) is 1.44. The maximum absolute atomic E-state index is 17.8. The van der Waals surface area contributed by atoms with Crippen LogP contribution in [0.1, 0.15) is 92.2 Å². The van der Waals surface area contributed by atoms with E-state index < -0.39 is 46.7 Å². The van der Waals surface area contributed by atoms with Crippen molar-refractivity contribution >= 4 is 66.9 Å². The molecule has 0 saturated carbocycles. The van der Waals surface area contributed by atoms with E-state index in [4.69, 9.17) is 35.8 Å². The number of aromatic nitrogens is 3. The first-order valence-corrected chi connectivity index (χ1v) is 21.9. The third-order valence-corrected chi connectivity index (χ3v) is 13.7.